The molecule has 19 heavy (non-hydrogen) atoms. The highest BCUT2D eigenvalue weighted by Crippen LogP contribution is 2.33. The van der Waals surface area contributed by atoms with E-state index in [0.29, 0.717) is 36.9 Å². The van der Waals surface area contributed by atoms with Crippen LogP contribution in [0.15, 0.2) is 18.2 Å². The first-order chi connectivity index (χ1) is 9.05. The maximum absolute atomic E-state index is 11.9. The molecule has 1 aliphatic heterocycles. The lowest BCUT2D eigenvalue weighted by Gasteiger charge is -2.23. The monoisotopic (exact) mass is 265 g/mol. The standard InChI is InChI=1S/C14H19NO4/c1-3-17-13(16)14(2,15)10-5-6-11-12(9-10)19-8-4-7-18-11/h5-6,9H,3-4,7-8,15H2,1-2H3. The fraction of sp³-hybridized carbons (Fsp3) is 0.500. The van der Waals surface area contributed by atoms with Crippen LogP contribution in [-0.2, 0) is 15.1 Å². The van der Waals surface area contributed by atoms with Crippen LogP contribution in [-0.4, -0.2) is 25.8 Å². The minimum absolute atomic E-state index is 0.302. The predicted octanol–water partition coefficient (Wildman–Crippen LogP) is 1.58. The van der Waals surface area contributed by atoms with Crippen LogP contribution >= 0.6 is 0 Å². The van der Waals surface area contributed by atoms with Gasteiger partial charge in [-0.25, -0.2) is 4.79 Å². The van der Waals surface area contributed by atoms with Crippen LogP contribution < -0.4 is 15.2 Å². The molecule has 0 aromatic heterocycles. The number of carbonyl (C=O) groups excluding carboxylic acids is 1. The van der Waals surface area contributed by atoms with Crippen LogP contribution in [0.5, 0.6) is 11.5 Å². The van der Waals surface area contributed by atoms with Crippen LogP contribution in [0.25, 0.3) is 0 Å². The second-order valence-corrected chi connectivity index (χ2v) is 4.63. The van der Waals surface area contributed by atoms with Gasteiger partial charge in [-0.1, -0.05) is 6.07 Å². The average molecular weight is 265 g/mol. The van der Waals surface area contributed by atoms with Crippen molar-refractivity contribution in [2.75, 3.05) is 19.8 Å². The molecule has 1 aromatic rings. The smallest absolute Gasteiger partial charge is 0.330 e. The first-order valence-corrected chi connectivity index (χ1v) is 6.42. The zero-order chi connectivity index (χ0) is 13.9. The molecule has 0 saturated carbocycles. The maximum atomic E-state index is 11.9. The van der Waals surface area contributed by atoms with Gasteiger partial charge in [-0.2, -0.15) is 0 Å². The number of esters is 1. The highest BCUT2D eigenvalue weighted by molar-refractivity contribution is 5.82. The van der Waals surface area contributed by atoms with Crippen LogP contribution in [0.2, 0.25) is 0 Å². The minimum atomic E-state index is -1.19. The summed E-state index contributed by atoms with van der Waals surface area (Å²) in [4.78, 5) is 11.9. The molecule has 1 atom stereocenters. The minimum Gasteiger partial charge on any atom is -0.490 e. The number of carbonyl (C=O) groups is 1. The van der Waals surface area contributed by atoms with Crippen LogP contribution in [0.3, 0.4) is 0 Å². The van der Waals surface area contributed by atoms with Crippen molar-refractivity contribution in [3.05, 3.63) is 23.8 Å². The molecule has 5 nitrogen and oxygen atoms in total. The predicted molar refractivity (Wildman–Crippen MR) is 70.2 cm³/mol. The number of ether oxygens (including phenoxy) is 3. The zero-order valence-corrected chi connectivity index (χ0v) is 11.3. The Morgan fingerprint density at radius 1 is 1.37 bits per heavy atom. The molecule has 0 fully saturated rings. The molecule has 5 heteroatoms. The molecule has 0 spiro atoms. The van der Waals surface area contributed by atoms with E-state index >= 15 is 0 Å². The van der Waals surface area contributed by atoms with E-state index in [1.54, 1.807) is 32.0 Å². The van der Waals surface area contributed by atoms with Gasteiger partial charge in [-0.05, 0) is 31.5 Å². The topological polar surface area (TPSA) is 70.8 Å². The lowest BCUT2D eigenvalue weighted by Crippen LogP contribution is -2.43. The third-order valence-electron chi connectivity index (χ3n) is 3.05. The van der Waals surface area contributed by atoms with E-state index in [-0.39, 0.29) is 0 Å². The van der Waals surface area contributed by atoms with E-state index in [1.807, 2.05) is 0 Å². The summed E-state index contributed by atoms with van der Waals surface area (Å²) in [6.07, 6.45) is 0.835. The molecule has 0 saturated heterocycles. The number of nitrogens with two attached hydrogens (primary N) is 1. The zero-order valence-electron chi connectivity index (χ0n) is 11.3. The summed E-state index contributed by atoms with van der Waals surface area (Å²) < 4.78 is 16.1. The summed E-state index contributed by atoms with van der Waals surface area (Å²) in [7, 11) is 0. The Kier molecular flexibility index (Phi) is 3.95. The number of hydrogen-bond donors (Lipinski definition) is 1. The van der Waals surface area contributed by atoms with Crippen molar-refractivity contribution in [1.29, 1.82) is 0 Å². The van der Waals surface area contributed by atoms with Crippen LogP contribution in [0.4, 0.5) is 0 Å². The quantitative estimate of drug-likeness (QED) is 0.840. The first kappa shape index (κ1) is 13.7. The summed E-state index contributed by atoms with van der Waals surface area (Å²) >= 11 is 0. The second kappa shape index (κ2) is 5.48. The Morgan fingerprint density at radius 2 is 2.05 bits per heavy atom. The summed E-state index contributed by atoms with van der Waals surface area (Å²) in [5, 5.41) is 0. The Labute approximate surface area is 112 Å². The number of hydrogen-bond acceptors (Lipinski definition) is 5. The fourth-order valence-corrected chi connectivity index (χ4v) is 1.89. The van der Waals surface area contributed by atoms with Gasteiger partial charge in [0.05, 0.1) is 19.8 Å². The highest BCUT2D eigenvalue weighted by Gasteiger charge is 2.33. The highest BCUT2D eigenvalue weighted by atomic mass is 16.5. The fourth-order valence-electron chi connectivity index (χ4n) is 1.89. The summed E-state index contributed by atoms with van der Waals surface area (Å²) in [6.45, 7) is 4.91. The Morgan fingerprint density at radius 3 is 2.74 bits per heavy atom. The van der Waals surface area contributed by atoms with E-state index in [0.717, 1.165) is 6.42 Å². The molecule has 1 heterocycles. The summed E-state index contributed by atoms with van der Waals surface area (Å²) in [6, 6.07) is 5.29. The van der Waals surface area contributed by atoms with Crippen molar-refractivity contribution < 1.29 is 19.0 Å². The van der Waals surface area contributed by atoms with Crippen molar-refractivity contribution in [1.82, 2.24) is 0 Å². The normalized spacial score (nSPS) is 17.2. The molecule has 0 bridgehead atoms. The molecule has 1 aromatic carbocycles. The van der Waals surface area contributed by atoms with Crippen molar-refractivity contribution in [3.63, 3.8) is 0 Å². The van der Waals surface area contributed by atoms with E-state index in [2.05, 4.69) is 0 Å². The molecular weight excluding hydrogens is 246 g/mol. The molecule has 1 unspecified atom stereocenters. The molecule has 104 valence electrons. The second-order valence-electron chi connectivity index (χ2n) is 4.63. The third kappa shape index (κ3) is 2.81. The van der Waals surface area contributed by atoms with Gasteiger partial charge in [-0.15, -0.1) is 0 Å². The molecule has 2 N–H and O–H groups in total. The Hall–Kier alpha value is -1.75. The van der Waals surface area contributed by atoms with E-state index in [4.69, 9.17) is 19.9 Å². The SMILES string of the molecule is CCOC(=O)C(C)(N)c1ccc2c(c1)OCCCO2. The molecule has 1 aliphatic rings. The van der Waals surface area contributed by atoms with Crippen LogP contribution in [0, 0.1) is 0 Å². The first-order valence-electron chi connectivity index (χ1n) is 6.42. The number of benzene rings is 1. The van der Waals surface area contributed by atoms with E-state index in [1.165, 1.54) is 0 Å². The Balaban J connectivity index is 2.30. The van der Waals surface area contributed by atoms with Gasteiger partial charge < -0.3 is 19.9 Å². The molecule has 0 radical (unpaired) electrons. The summed E-state index contributed by atoms with van der Waals surface area (Å²) in [5.41, 5.74) is 5.52. The van der Waals surface area contributed by atoms with Gasteiger partial charge >= 0.3 is 5.97 Å². The van der Waals surface area contributed by atoms with Gasteiger partial charge in [0.15, 0.2) is 11.5 Å². The maximum Gasteiger partial charge on any atom is 0.330 e. The lowest BCUT2D eigenvalue weighted by molar-refractivity contribution is -0.149. The van der Waals surface area contributed by atoms with Gasteiger partial charge in [0.1, 0.15) is 5.54 Å². The Bertz CT molecular complexity index is 471. The third-order valence-corrected chi connectivity index (χ3v) is 3.05. The van der Waals surface area contributed by atoms with E-state index in [9.17, 15) is 4.79 Å². The van der Waals surface area contributed by atoms with Gasteiger partial charge in [-0.3, -0.25) is 0 Å². The molecule has 2 rings (SSSR count). The number of fused-ring (bicyclic) bond motifs is 1. The molecule has 0 amide bonds. The van der Waals surface area contributed by atoms with Crippen molar-refractivity contribution in [2.45, 2.75) is 25.8 Å². The van der Waals surface area contributed by atoms with E-state index < -0.39 is 11.5 Å². The molecule has 0 aliphatic carbocycles. The van der Waals surface area contributed by atoms with Gasteiger partial charge in [0, 0.05) is 6.42 Å². The van der Waals surface area contributed by atoms with Crippen molar-refractivity contribution in [3.8, 4) is 11.5 Å². The van der Waals surface area contributed by atoms with Gasteiger partial charge in [0.2, 0.25) is 0 Å². The summed E-state index contributed by atoms with van der Waals surface area (Å²) in [5.74, 6) is 0.848. The largest absolute Gasteiger partial charge is 0.490 e. The molecular formula is C14H19NO4. The number of rotatable bonds is 3. The average Bonchev–Trinajstić information content (AvgIpc) is 2.63. The van der Waals surface area contributed by atoms with Crippen molar-refractivity contribution >= 4 is 5.97 Å². The van der Waals surface area contributed by atoms with Gasteiger partial charge in [0.25, 0.3) is 0 Å². The lowest BCUT2D eigenvalue weighted by atomic mass is 9.93. The van der Waals surface area contributed by atoms with Crippen LogP contribution in [0.1, 0.15) is 25.8 Å². The van der Waals surface area contributed by atoms with Crippen molar-refractivity contribution in [2.24, 2.45) is 5.73 Å².